The summed E-state index contributed by atoms with van der Waals surface area (Å²) in [4.78, 5) is 11.3. The summed E-state index contributed by atoms with van der Waals surface area (Å²) in [7, 11) is 0. The van der Waals surface area contributed by atoms with E-state index in [0.717, 1.165) is 6.54 Å². The lowest BCUT2D eigenvalue weighted by atomic mass is 9.97. The monoisotopic (exact) mass is 218 g/mol. The van der Waals surface area contributed by atoms with E-state index in [0.29, 0.717) is 6.42 Å². The van der Waals surface area contributed by atoms with Crippen LogP contribution in [0.1, 0.15) is 25.8 Å². The molecule has 1 fully saturated rings. The van der Waals surface area contributed by atoms with E-state index >= 15 is 0 Å². The minimum atomic E-state index is -0.147. The zero-order valence-corrected chi connectivity index (χ0v) is 9.79. The molecule has 0 aromatic heterocycles. The summed E-state index contributed by atoms with van der Waals surface area (Å²) in [6.45, 7) is 4.92. The van der Waals surface area contributed by atoms with Gasteiger partial charge >= 0.3 is 0 Å². The Labute approximate surface area is 96.2 Å². The van der Waals surface area contributed by atoms with E-state index in [9.17, 15) is 4.79 Å². The number of hydrogen-bond acceptors (Lipinski definition) is 2. The van der Waals surface area contributed by atoms with Crippen molar-refractivity contribution < 1.29 is 4.79 Å². The van der Waals surface area contributed by atoms with E-state index in [1.54, 1.807) is 0 Å². The van der Waals surface area contributed by atoms with E-state index in [-0.39, 0.29) is 17.5 Å². The molecule has 1 atom stereocenters. The molecule has 0 aliphatic carbocycles. The quantitative estimate of drug-likeness (QED) is 0.806. The van der Waals surface area contributed by atoms with Crippen molar-refractivity contribution in [1.29, 1.82) is 0 Å². The molecule has 16 heavy (non-hydrogen) atoms. The van der Waals surface area contributed by atoms with Gasteiger partial charge in [0.05, 0.1) is 5.54 Å². The number of hydrogen-bond donors (Lipinski definition) is 2. The van der Waals surface area contributed by atoms with E-state index in [2.05, 4.69) is 36.6 Å². The van der Waals surface area contributed by atoms with E-state index in [4.69, 9.17) is 0 Å². The maximum Gasteiger partial charge on any atom is 0.222 e. The Kier molecular flexibility index (Phi) is 2.97. The highest BCUT2D eigenvalue weighted by molar-refractivity contribution is 5.80. The van der Waals surface area contributed by atoms with Crippen LogP contribution >= 0.6 is 0 Å². The molecule has 2 N–H and O–H groups in total. The Morgan fingerprint density at radius 3 is 2.62 bits per heavy atom. The number of carbonyl (C=O) groups excluding carboxylic acids is 1. The maximum atomic E-state index is 11.3. The van der Waals surface area contributed by atoms with Gasteiger partial charge in [0.2, 0.25) is 5.91 Å². The molecule has 1 unspecified atom stereocenters. The van der Waals surface area contributed by atoms with Crippen LogP contribution in [0.2, 0.25) is 0 Å². The molecular weight excluding hydrogens is 200 g/mol. The normalized spacial score (nSPS) is 23.1. The van der Waals surface area contributed by atoms with Crippen molar-refractivity contribution in [2.45, 2.75) is 38.4 Å². The van der Waals surface area contributed by atoms with Gasteiger partial charge in [-0.05, 0) is 19.4 Å². The Bertz CT molecular complexity index is 373. The standard InChI is InChI=1S/C13H18N2O/c1-13(2)11(8-12(16)15-13)14-9-10-6-4-3-5-7-10/h3-7,11,14H,8-9H2,1-2H3,(H,15,16). The van der Waals surface area contributed by atoms with Gasteiger partial charge in [-0.3, -0.25) is 4.79 Å². The highest BCUT2D eigenvalue weighted by Crippen LogP contribution is 2.19. The van der Waals surface area contributed by atoms with Crippen LogP contribution in [-0.2, 0) is 11.3 Å². The Balaban J connectivity index is 1.94. The summed E-state index contributed by atoms with van der Waals surface area (Å²) >= 11 is 0. The molecule has 1 aromatic rings. The Hall–Kier alpha value is -1.35. The fourth-order valence-corrected chi connectivity index (χ4v) is 2.10. The summed E-state index contributed by atoms with van der Waals surface area (Å²) in [6, 6.07) is 10.4. The van der Waals surface area contributed by atoms with Crippen LogP contribution in [0.4, 0.5) is 0 Å². The van der Waals surface area contributed by atoms with Gasteiger partial charge in [0, 0.05) is 19.0 Å². The van der Waals surface area contributed by atoms with E-state index in [1.165, 1.54) is 5.56 Å². The van der Waals surface area contributed by atoms with Gasteiger partial charge in [-0.15, -0.1) is 0 Å². The van der Waals surface area contributed by atoms with E-state index < -0.39 is 0 Å². The first-order valence-corrected chi connectivity index (χ1v) is 5.66. The lowest BCUT2D eigenvalue weighted by molar-refractivity contribution is -0.119. The fourth-order valence-electron chi connectivity index (χ4n) is 2.10. The average molecular weight is 218 g/mol. The first-order valence-electron chi connectivity index (χ1n) is 5.66. The molecule has 1 saturated heterocycles. The Morgan fingerprint density at radius 2 is 2.06 bits per heavy atom. The summed E-state index contributed by atoms with van der Waals surface area (Å²) in [6.07, 6.45) is 0.569. The molecule has 1 aromatic carbocycles. The van der Waals surface area contributed by atoms with Gasteiger partial charge in [0.25, 0.3) is 0 Å². The molecule has 2 rings (SSSR count). The zero-order chi connectivity index (χ0) is 11.6. The number of rotatable bonds is 3. The van der Waals surface area contributed by atoms with Gasteiger partial charge in [0.1, 0.15) is 0 Å². The predicted molar refractivity (Wildman–Crippen MR) is 63.9 cm³/mol. The molecule has 0 bridgehead atoms. The number of benzene rings is 1. The summed E-state index contributed by atoms with van der Waals surface area (Å²) < 4.78 is 0. The lowest BCUT2D eigenvalue weighted by Crippen LogP contribution is -2.48. The van der Waals surface area contributed by atoms with Crippen LogP contribution in [0.3, 0.4) is 0 Å². The van der Waals surface area contributed by atoms with Crippen molar-refractivity contribution in [3.05, 3.63) is 35.9 Å². The topological polar surface area (TPSA) is 41.1 Å². The van der Waals surface area contributed by atoms with Gasteiger partial charge in [0.15, 0.2) is 0 Å². The summed E-state index contributed by atoms with van der Waals surface area (Å²) in [5.74, 6) is 0.135. The second-order valence-electron chi connectivity index (χ2n) is 4.89. The van der Waals surface area contributed by atoms with Crippen molar-refractivity contribution in [2.24, 2.45) is 0 Å². The molecule has 86 valence electrons. The van der Waals surface area contributed by atoms with Crippen LogP contribution in [0.5, 0.6) is 0 Å². The van der Waals surface area contributed by atoms with Crippen molar-refractivity contribution in [2.75, 3.05) is 0 Å². The third-order valence-electron chi connectivity index (χ3n) is 3.12. The molecule has 3 heteroatoms. The van der Waals surface area contributed by atoms with Gasteiger partial charge < -0.3 is 10.6 Å². The van der Waals surface area contributed by atoms with Crippen LogP contribution in [0, 0.1) is 0 Å². The maximum absolute atomic E-state index is 11.3. The van der Waals surface area contributed by atoms with Gasteiger partial charge in [-0.1, -0.05) is 30.3 Å². The smallest absolute Gasteiger partial charge is 0.222 e. The van der Waals surface area contributed by atoms with Crippen LogP contribution in [0.25, 0.3) is 0 Å². The van der Waals surface area contributed by atoms with Crippen molar-refractivity contribution >= 4 is 5.91 Å². The molecule has 0 saturated carbocycles. The van der Waals surface area contributed by atoms with Crippen LogP contribution in [-0.4, -0.2) is 17.5 Å². The Morgan fingerprint density at radius 1 is 1.38 bits per heavy atom. The van der Waals surface area contributed by atoms with E-state index in [1.807, 2.05) is 18.2 Å². The summed E-state index contributed by atoms with van der Waals surface area (Å²) in [5.41, 5.74) is 1.10. The third-order valence-corrected chi connectivity index (χ3v) is 3.12. The first kappa shape index (κ1) is 11.1. The van der Waals surface area contributed by atoms with Crippen LogP contribution in [0.15, 0.2) is 30.3 Å². The molecule has 1 aliphatic rings. The van der Waals surface area contributed by atoms with Crippen molar-refractivity contribution in [1.82, 2.24) is 10.6 Å². The van der Waals surface area contributed by atoms with Gasteiger partial charge in [-0.25, -0.2) is 0 Å². The van der Waals surface area contributed by atoms with Gasteiger partial charge in [-0.2, -0.15) is 0 Å². The van der Waals surface area contributed by atoms with Crippen molar-refractivity contribution in [3.63, 3.8) is 0 Å². The molecule has 3 nitrogen and oxygen atoms in total. The minimum Gasteiger partial charge on any atom is -0.350 e. The molecule has 1 aliphatic heterocycles. The predicted octanol–water partition coefficient (Wildman–Crippen LogP) is 1.44. The minimum absolute atomic E-state index is 0.135. The molecule has 0 radical (unpaired) electrons. The molecular formula is C13H18N2O. The highest BCUT2D eigenvalue weighted by atomic mass is 16.2. The second-order valence-corrected chi connectivity index (χ2v) is 4.89. The largest absolute Gasteiger partial charge is 0.350 e. The van der Waals surface area contributed by atoms with Crippen molar-refractivity contribution in [3.8, 4) is 0 Å². The molecule has 1 heterocycles. The molecule has 0 spiro atoms. The fraction of sp³-hybridized carbons (Fsp3) is 0.462. The number of nitrogens with one attached hydrogen (secondary N) is 2. The first-order chi connectivity index (χ1) is 7.58. The number of carbonyl (C=O) groups is 1. The molecule has 1 amide bonds. The SMILES string of the molecule is CC1(C)NC(=O)CC1NCc1ccccc1. The average Bonchev–Trinajstić information content (AvgIpc) is 2.50. The second kappa shape index (κ2) is 4.26. The lowest BCUT2D eigenvalue weighted by Gasteiger charge is -2.27. The highest BCUT2D eigenvalue weighted by Gasteiger charge is 2.38. The third kappa shape index (κ3) is 2.42. The summed E-state index contributed by atoms with van der Waals surface area (Å²) in [5, 5.41) is 6.41. The number of amides is 1. The van der Waals surface area contributed by atoms with Crippen LogP contribution < -0.4 is 10.6 Å². The zero-order valence-electron chi connectivity index (χ0n) is 9.79.